The maximum Gasteiger partial charge on any atom is 0.144 e. The fourth-order valence-corrected chi connectivity index (χ4v) is 2.63. The van der Waals surface area contributed by atoms with Crippen molar-refractivity contribution in [2.45, 2.75) is 26.2 Å². The van der Waals surface area contributed by atoms with Crippen LogP contribution in [-0.2, 0) is 5.41 Å². The highest BCUT2D eigenvalue weighted by Crippen LogP contribution is 2.33. The topological polar surface area (TPSA) is 17.8 Å². The molecule has 0 saturated heterocycles. The molecular formula is C19H19FN2. The average Bonchev–Trinajstić information content (AvgIpc) is 2.96. The van der Waals surface area contributed by atoms with Crippen molar-refractivity contribution >= 4 is 0 Å². The number of imidazole rings is 1. The van der Waals surface area contributed by atoms with Gasteiger partial charge in [-0.25, -0.2) is 9.37 Å². The minimum atomic E-state index is -0.216. The van der Waals surface area contributed by atoms with E-state index in [1.807, 2.05) is 47.2 Å². The molecule has 2 aromatic carbocycles. The molecule has 0 fully saturated rings. The first-order chi connectivity index (χ1) is 10.5. The van der Waals surface area contributed by atoms with E-state index in [-0.39, 0.29) is 11.2 Å². The second-order valence-corrected chi connectivity index (χ2v) is 6.40. The zero-order valence-corrected chi connectivity index (χ0v) is 13.0. The van der Waals surface area contributed by atoms with Gasteiger partial charge in [-0.15, -0.1) is 0 Å². The number of aromatic nitrogens is 2. The third-order valence-corrected chi connectivity index (χ3v) is 3.71. The van der Waals surface area contributed by atoms with Crippen LogP contribution in [0.3, 0.4) is 0 Å². The highest BCUT2D eigenvalue weighted by atomic mass is 19.1. The number of nitrogens with zero attached hydrogens (tertiary/aromatic N) is 2. The highest BCUT2D eigenvalue weighted by Gasteiger charge is 2.22. The molecule has 22 heavy (non-hydrogen) atoms. The Bertz CT molecular complexity index is 783. The summed E-state index contributed by atoms with van der Waals surface area (Å²) in [5, 5.41) is 0. The summed E-state index contributed by atoms with van der Waals surface area (Å²) >= 11 is 0. The first-order valence-electron chi connectivity index (χ1n) is 7.36. The number of halogens is 1. The van der Waals surface area contributed by atoms with Gasteiger partial charge in [0.05, 0.1) is 0 Å². The Hall–Kier alpha value is -2.42. The number of hydrogen-bond donors (Lipinski definition) is 0. The van der Waals surface area contributed by atoms with Crippen LogP contribution in [0.1, 0.15) is 26.3 Å². The lowest BCUT2D eigenvalue weighted by Crippen LogP contribution is -2.14. The van der Waals surface area contributed by atoms with Crippen LogP contribution in [0.15, 0.2) is 60.9 Å². The Morgan fingerprint density at radius 1 is 1.00 bits per heavy atom. The van der Waals surface area contributed by atoms with E-state index in [0.717, 1.165) is 22.6 Å². The quantitative estimate of drug-likeness (QED) is 0.652. The van der Waals surface area contributed by atoms with Crippen molar-refractivity contribution in [2.24, 2.45) is 0 Å². The molecule has 0 spiro atoms. The van der Waals surface area contributed by atoms with E-state index in [4.69, 9.17) is 0 Å². The Morgan fingerprint density at radius 2 is 1.73 bits per heavy atom. The van der Waals surface area contributed by atoms with Crippen molar-refractivity contribution in [3.63, 3.8) is 0 Å². The predicted octanol–water partition coefficient (Wildman–Crippen LogP) is 4.98. The van der Waals surface area contributed by atoms with Crippen LogP contribution in [0.2, 0.25) is 0 Å². The molecule has 3 rings (SSSR count). The van der Waals surface area contributed by atoms with Crippen LogP contribution >= 0.6 is 0 Å². The first kappa shape index (κ1) is 14.5. The van der Waals surface area contributed by atoms with Crippen molar-refractivity contribution in [3.8, 4) is 17.1 Å². The van der Waals surface area contributed by atoms with E-state index < -0.39 is 0 Å². The number of para-hydroxylation sites is 1. The van der Waals surface area contributed by atoms with Gasteiger partial charge in [0.1, 0.15) is 11.6 Å². The summed E-state index contributed by atoms with van der Waals surface area (Å²) in [4.78, 5) is 4.51. The third kappa shape index (κ3) is 2.67. The summed E-state index contributed by atoms with van der Waals surface area (Å²) < 4.78 is 15.7. The van der Waals surface area contributed by atoms with Gasteiger partial charge in [-0.05, 0) is 41.3 Å². The maximum atomic E-state index is 13.7. The predicted molar refractivity (Wildman–Crippen MR) is 87.7 cm³/mol. The van der Waals surface area contributed by atoms with E-state index in [0.29, 0.717) is 0 Å². The molecule has 0 bridgehead atoms. The number of benzene rings is 2. The Kier molecular flexibility index (Phi) is 3.57. The minimum absolute atomic E-state index is 0.162. The van der Waals surface area contributed by atoms with Crippen molar-refractivity contribution in [1.29, 1.82) is 0 Å². The normalized spacial score (nSPS) is 11.6. The molecule has 0 aliphatic carbocycles. The van der Waals surface area contributed by atoms with Gasteiger partial charge in [0, 0.05) is 23.6 Å². The van der Waals surface area contributed by atoms with Gasteiger partial charge < -0.3 is 0 Å². The minimum Gasteiger partial charge on any atom is -0.300 e. The van der Waals surface area contributed by atoms with Crippen molar-refractivity contribution in [3.05, 3.63) is 72.3 Å². The standard InChI is InChI=1S/C19H19FN2/c1-19(2,3)17-13-14(20)9-10-16(17)18-21-11-12-22(18)15-7-5-4-6-8-15/h4-13H,1-3H3. The van der Waals surface area contributed by atoms with Gasteiger partial charge in [-0.3, -0.25) is 4.57 Å². The fraction of sp³-hybridized carbons (Fsp3) is 0.211. The molecule has 0 atom stereocenters. The van der Waals surface area contributed by atoms with Gasteiger partial charge >= 0.3 is 0 Å². The summed E-state index contributed by atoms with van der Waals surface area (Å²) in [6.07, 6.45) is 3.71. The SMILES string of the molecule is CC(C)(C)c1cc(F)ccc1-c1nccn1-c1ccccc1. The molecule has 3 aromatic rings. The molecule has 1 aromatic heterocycles. The van der Waals surface area contributed by atoms with Gasteiger partial charge in [0.25, 0.3) is 0 Å². The highest BCUT2D eigenvalue weighted by molar-refractivity contribution is 5.64. The smallest absolute Gasteiger partial charge is 0.144 e. The monoisotopic (exact) mass is 294 g/mol. The lowest BCUT2D eigenvalue weighted by Gasteiger charge is -2.23. The lowest BCUT2D eigenvalue weighted by molar-refractivity contribution is 0.573. The molecular weight excluding hydrogens is 275 g/mol. The number of rotatable bonds is 2. The van der Waals surface area contributed by atoms with Crippen LogP contribution in [0.25, 0.3) is 17.1 Å². The zero-order chi connectivity index (χ0) is 15.7. The van der Waals surface area contributed by atoms with Gasteiger partial charge in [0.15, 0.2) is 0 Å². The molecule has 0 amide bonds. The van der Waals surface area contributed by atoms with E-state index in [1.54, 1.807) is 12.3 Å². The number of hydrogen-bond acceptors (Lipinski definition) is 1. The third-order valence-electron chi connectivity index (χ3n) is 3.71. The summed E-state index contributed by atoms with van der Waals surface area (Å²) in [5.41, 5.74) is 2.79. The first-order valence-corrected chi connectivity index (χ1v) is 7.36. The lowest BCUT2D eigenvalue weighted by atomic mass is 9.83. The molecule has 0 unspecified atom stereocenters. The Balaban J connectivity index is 2.20. The van der Waals surface area contributed by atoms with E-state index in [9.17, 15) is 4.39 Å². The second-order valence-electron chi connectivity index (χ2n) is 6.40. The molecule has 112 valence electrons. The molecule has 3 heteroatoms. The molecule has 0 aliphatic heterocycles. The summed E-state index contributed by atoms with van der Waals surface area (Å²) in [6.45, 7) is 6.25. The van der Waals surface area contributed by atoms with Crippen LogP contribution < -0.4 is 0 Å². The van der Waals surface area contributed by atoms with E-state index in [1.165, 1.54) is 6.07 Å². The summed E-state index contributed by atoms with van der Waals surface area (Å²) in [7, 11) is 0. The zero-order valence-electron chi connectivity index (χ0n) is 13.0. The maximum absolute atomic E-state index is 13.7. The van der Waals surface area contributed by atoms with Crippen LogP contribution in [0, 0.1) is 5.82 Å². The molecule has 1 heterocycles. The molecule has 0 N–H and O–H groups in total. The Morgan fingerprint density at radius 3 is 2.41 bits per heavy atom. The van der Waals surface area contributed by atoms with Crippen molar-refractivity contribution < 1.29 is 4.39 Å². The molecule has 0 radical (unpaired) electrons. The second kappa shape index (κ2) is 5.41. The van der Waals surface area contributed by atoms with Gasteiger partial charge in [-0.1, -0.05) is 39.0 Å². The van der Waals surface area contributed by atoms with E-state index in [2.05, 4.69) is 25.8 Å². The van der Waals surface area contributed by atoms with Crippen LogP contribution in [0.4, 0.5) is 4.39 Å². The average molecular weight is 294 g/mol. The van der Waals surface area contributed by atoms with Crippen molar-refractivity contribution in [1.82, 2.24) is 9.55 Å². The summed E-state index contributed by atoms with van der Waals surface area (Å²) in [6, 6.07) is 15.0. The fourth-order valence-electron chi connectivity index (χ4n) is 2.63. The summed E-state index contributed by atoms with van der Waals surface area (Å²) in [5.74, 6) is 0.614. The van der Waals surface area contributed by atoms with E-state index >= 15 is 0 Å². The molecule has 2 nitrogen and oxygen atoms in total. The van der Waals surface area contributed by atoms with Gasteiger partial charge in [-0.2, -0.15) is 0 Å². The van der Waals surface area contributed by atoms with Crippen LogP contribution in [-0.4, -0.2) is 9.55 Å². The molecule has 0 aliphatic rings. The van der Waals surface area contributed by atoms with Gasteiger partial charge in [0.2, 0.25) is 0 Å². The Labute approximate surface area is 130 Å². The van der Waals surface area contributed by atoms with Crippen molar-refractivity contribution in [2.75, 3.05) is 0 Å². The largest absolute Gasteiger partial charge is 0.300 e. The molecule has 0 saturated carbocycles. The van der Waals surface area contributed by atoms with Crippen LogP contribution in [0.5, 0.6) is 0 Å².